The van der Waals surface area contributed by atoms with Gasteiger partial charge in [-0.1, -0.05) is 32.9 Å². The lowest BCUT2D eigenvalue weighted by atomic mass is 10.1. The molecule has 0 spiro atoms. The van der Waals surface area contributed by atoms with Crippen LogP contribution in [-0.4, -0.2) is 29.4 Å². The minimum absolute atomic E-state index is 0.0337. The smallest absolute Gasteiger partial charge is 0.251 e. The number of guanidine groups is 1. The second-order valence-electron chi connectivity index (χ2n) is 7.35. The molecule has 6 nitrogen and oxygen atoms in total. The number of rotatable bonds is 9. The number of nitrogens with zero attached hydrogens (tertiary/aromatic N) is 2. The summed E-state index contributed by atoms with van der Waals surface area (Å²) in [6, 6.07) is 7.79. The van der Waals surface area contributed by atoms with Gasteiger partial charge in [0.1, 0.15) is 5.01 Å². The van der Waals surface area contributed by atoms with Gasteiger partial charge in [0.2, 0.25) is 0 Å². The molecule has 0 saturated carbocycles. The maximum Gasteiger partial charge on any atom is 0.251 e. The molecule has 1 aromatic carbocycles. The minimum Gasteiger partial charge on any atom is -0.357 e. The van der Waals surface area contributed by atoms with Crippen LogP contribution in [0.15, 0.2) is 34.6 Å². The lowest BCUT2D eigenvalue weighted by Gasteiger charge is -2.12. The third-order valence-electron chi connectivity index (χ3n) is 4.54. The molecule has 0 aliphatic carbocycles. The van der Waals surface area contributed by atoms with Crippen LogP contribution in [0.3, 0.4) is 0 Å². The molecule has 0 radical (unpaired) electrons. The van der Waals surface area contributed by atoms with Gasteiger partial charge >= 0.3 is 0 Å². The van der Waals surface area contributed by atoms with Gasteiger partial charge in [-0.25, -0.2) is 9.98 Å². The van der Waals surface area contributed by atoms with E-state index in [2.05, 4.69) is 52.1 Å². The molecule has 158 valence electrons. The molecular weight excluding hydrogens is 382 g/mol. The van der Waals surface area contributed by atoms with Crippen molar-refractivity contribution in [3.63, 3.8) is 0 Å². The summed E-state index contributed by atoms with van der Waals surface area (Å²) >= 11 is 1.67. The molecule has 2 aromatic rings. The molecule has 1 amide bonds. The van der Waals surface area contributed by atoms with Crippen molar-refractivity contribution in [2.45, 2.75) is 66.1 Å². The molecule has 3 N–H and O–H groups in total. The van der Waals surface area contributed by atoms with Crippen molar-refractivity contribution < 1.29 is 4.79 Å². The summed E-state index contributed by atoms with van der Waals surface area (Å²) in [5.41, 5.74) is 2.86. The van der Waals surface area contributed by atoms with Gasteiger partial charge in [0.05, 0.1) is 18.8 Å². The summed E-state index contributed by atoms with van der Waals surface area (Å²) in [5, 5.41) is 12.8. The summed E-state index contributed by atoms with van der Waals surface area (Å²) in [5.74, 6) is 1.16. The Morgan fingerprint density at radius 1 is 1.14 bits per heavy atom. The Kier molecular flexibility index (Phi) is 9.12. The van der Waals surface area contributed by atoms with Crippen molar-refractivity contribution in [2.75, 3.05) is 6.54 Å². The monoisotopic (exact) mass is 415 g/mol. The Morgan fingerprint density at radius 3 is 2.45 bits per heavy atom. The summed E-state index contributed by atoms with van der Waals surface area (Å²) in [7, 11) is 0. The van der Waals surface area contributed by atoms with Crippen LogP contribution in [-0.2, 0) is 13.1 Å². The third kappa shape index (κ3) is 7.49. The highest BCUT2D eigenvalue weighted by Crippen LogP contribution is 2.17. The molecule has 0 fully saturated rings. The zero-order valence-corrected chi connectivity index (χ0v) is 18.9. The first-order valence-electron chi connectivity index (χ1n) is 10.3. The first kappa shape index (κ1) is 22.9. The predicted octanol–water partition coefficient (Wildman–Crippen LogP) is 4.05. The van der Waals surface area contributed by atoms with E-state index in [1.54, 1.807) is 11.3 Å². The molecule has 1 atom stereocenters. The average molecular weight is 416 g/mol. The number of nitrogens with one attached hydrogen (secondary N) is 3. The van der Waals surface area contributed by atoms with E-state index in [9.17, 15) is 4.79 Å². The molecule has 1 aromatic heterocycles. The molecule has 29 heavy (non-hydrogen) atoms. The van der Waals surface area contributed by atoms with Crippen LogP contribution >= 0.6 is 11.3 Å². The van der Waals surface area contributed by atoms with E-state index in [4.69, 9.17) is 0 Å². The van der Waals surface area contributed by atoms with Crippen molar-refractivity contribution >= 4 is 23.2 Å². The number of carbonyl (C=O) groups is 1. The van der Waals surface area contributed by atoms with Crippen LogP contribution < -0.4 is 16.0 Å². The summed E-state index contributed by atoms with van der Waals surface area (Å²) in [6.07, 6.45) is 0.915. The Bertz CT molecular complexity index is 798. The van der Waals surface area contributed by atoms with Crippen LogP contribution in [0.2, 0.25) is 0 Å². The Hall–Kier alpha value is -2.41. The number of carbonyl (C=O) groups excluding carboxylic acids is 1. The first-order valence-corrected chi connectivity index (χ1v) is 11.2. The molecule has 0 saturated heterocycles. The third-order valence-corrected chi connectivity index (χ3v) is 5.41. The fourth-order valence-corrected chi connectivity index (χ4v) is 3.41. The summed E-state index contributed by atoms with van der Waals surface area (Å²) < 4.78 is 0. The van der Waals surface area contributed by atoms with E-state index in [0.717, 1.165) is 35.2 Å². The van der Waals surface area contributed by atoms with Crippen LogP contribution in [0, 0.1) is 0 Å². The van der Waals surface area contributed by atoms with Gasteiger partial charge in [0.15, 0.2) is 5.96 Å². The number of aliphatic imine (C=N–C) groups is 1. The van der Waals surface area contributed by atoms with E-state index < -0.39 is 0 Å². The van der Waals surface area contributed by atoms with Crippen LogP contribution in [0.4, 0.5) is 0 Å². The van der Waals surface area contributed by atoms with Gasteiger partial charge in [0, 0.05) is 23.5 Å². The molecule has 1 heterocycles. The SMILES string of the molecule is CCNC(=NCc1ccc(C(=O)NC(C)CC)cc1)NCc1nc(C(C)C)cs1. The van der Waals surface area contributed by atoms with Crippen molar-refractivity contribution in [3.05, 3.63) is 51.5 Å². The highest BCUT2D eigenvalue weighted by atomic mass is 32.1. The zero-order chi connectivity index (χ0) is 21.2. The van der Waals surface area contributed by atoms with Gasteiger partial charge in [-0.15, -0.1) is 11.3 Å². The van der Waals surface area contributed by atoms with Gasteiger partial charge in [0.25, 0.3) is 5.91 Å². The number of hydrogen-bond donors (Lipinski definition) is 3. The summed E-state index contributed by atoms with van der Waals surface area (Å²) in [4.78, 5) is 21.5. The summed E-state index contributed by atoms with van der Waals surface area (Å²) in [6.45, 7) is 12.4. The van der Waals surface area contributed by atoms with Crippen LogP contribution in [0.1, 0.15) is 73.6 Å². The lowest BCUT2D eigenvalue weighted by molar-refractivity contribution is 0.0939. The largest absolute Gasteiger partial charge is 0.357 e. The van der Waals surface area contributed by atoms with Gasteiger partial charge in [-0.3, -0.25) is 4.79 Å². The van der Waals surface area contributed by atoms with Crippen molar-refractivity contribution in [2.24, 2.45) is 4.99 Å². The number of aromatic nitrogens is 1. The quantitative estimate of drug-likeness (QED) is 0.426. The number of benzene rings is 1. The van der Waals surface area contributed by atoms with Gasteiger partial charge < -0.3 is 16.0 Å². The topological polar surface area (TPSA) is 78.4 Å². The minimum atomic E-state index is -0.0337. The maximum atomic E-state index is 12.2. The Balaban J connectivity index is 1.93. The predicted molar refractivity (Wildman–Crippen MR) is 122 cm³/mol. The molecule has 2 rings (SSSR count). The van der Waals surface area contributed by atoms with Crippen LogP contribution in [0.25, 0.3) is 0 Å². The molecule has 0 aliphatic rings. The average Bonchev–Trinajstić information content (AvgIpc) is 3.19. The maximum absolute atomic E-state index is 12.2. The highest BCUT2D eigenvalue weighted by molar-refractivity contribution is 7.09. The van der Waals surface area contributed by atoms with E-state index in [0.29, 0.717) is 24.6 Å². The van der Waals surface area contributed by atoms with E-state index in [1.165, 1.54) is 0 Å². The Morgan fingerprint density at radius 2 is 1.86 bits per heavy atom. The van der Waals surface area contributed by atoms with E-state index >= 15 is 0 Å². The lowest BCUT2D eigenvalue weighted by Crippen LogP contribution is -2.36. The van der Waals surface area contributed by atoms with Gasteiger partial charge in [-0.2, -0.15) is 0 Å². The molecule has 0 aliphatic heterocycles. The normalized spacial score (nSPS) is 12.7. The highest BCUT2D eigenvalue weighted by Gasteiger charge is 2.09. The number of thiazole rings is 1. The second-order valence-corrected chi connectivity index (χ2v) is 8.29. The molecular formula is C22H33N5OS. The van der Waals surface area contributed by atoms with Crippen molar-refractivity contribution in [3.8, 4) is 0 Å². The molecule has 0 bridgehead atoms. The molecule has 1 unspecified atom stereocenters. The Labute approximate surface area is 178 Å². The van der Waals surface area contributed by atoms with E-state index in [1.807, 2.05) is 38.1 Å². The van der Waals surface area contributed by atoms with Crippen molar-refractivity contribution in [1.29, 1.82) is 0 Å². The van der Waals surface area contributed by atoms with Gasteiger partial charge in [-0.05, 0) is 43.9 Å². The fraction of sp³-hybridized carbons (Fsp3) is 0.500. The molecule has 7 heteroatoms. The second kappa shape index (κ2) is 11.6. The van der Waals surface area contributed by atoms with Crippen LogP contribution in [0.5, 0.6) is 0 Å². The van der Waals surface area contributed by atoms with Crippen molar-refractivity contribution in [1.82, 2.24) is 20.9 Å². The van der Waals surface area contributed by atoms with E-state index in [-0.39, 0.29) is 11.9 Å². The zero-order valence-electron chi connectivity index (χ0n) is 18.1. The standard InChI is InChI=1S/C22H33N5OS/c1-6-16(5)26-21(28)18-10-8-17(9-11-18)12-24-22(23-7-2)25-13-20-27-19(14-29-20)15(3)4/h8-11,14-16H,6-7,12-13H2,1-5H3,(H,26,28)(H2,23,24,25). The number of hydrogen-bond acceptors (Lipinski definition) is 4. The first-order chi connectivity index (χ1) is 13.9. The number of amides is 1. The fourth-order valence-electron chi connectivity index (χ4n) is 2.51.